The third-order valence-electron chi connectivity index (χ3n) is 6.49. The number of guanidine groups is 1. The lowest BCUT2D eigenvalue weighted by Crippen LogP contribution is -2.45. The number of furan rings is 1. The molecular formula is C20H33IN4O. The average molecular weight is 472 g/mol. The summed E-state index contributed by atoms with van der Waals surface area (Å²) in [5.74, 6) is 3.14. The van der Waals surface area contributed by atoms with Crippen molar-refractivity contribution in [2.75, 3.05) is 39.8 Å². The zero-order valence-electron chi connectivity index (χ0n) is 16.2. The number of aliphatic imine (C=N–C) groups is 1. The Morgan fingerprint density at radius 2 is 1.96 bits per heavy atom. The van der Waals surface area contributed by atoms with Gasteiger partial charge in [-0.15, -0.1) is 24.0 Å². The van der Waals surface area contributed by atoms with Crippen molar-refractivity contribution in [3.63, 3.8) is 0 Å². The zero-order valence-corrected chi connectivity index (χ0v) is 18.5. The normalized spacial score (nSPS) is 23.8. The van der Waals surface area contributed by atoms with Gasteiger partial charge in [-0.1, -0.05) is 6.42 Å². The quantitative estimate of drug-likeness (QED) is 0.412. The molecule has 2 aliphatic heterocycles. The van der Waals surface area contributed by atoms with Crippen LogP contribution in [0.5, 0.6) is 0 Å². The topological polar surface area (TPSA) is 44.0 Å². The van der Waals surface area contributed by atoms with E-state index in [4.69, 9.17) is 4.42 Å². The molecule has 146 valence electrons. The van der Waals surface area contributed by atoms with Crippen LogP contribution >= 0.6 is 24.0 Å². The molecule has 1 spiro atoms. The first kappa shape index (κ1) is 20.0. The van der Waals surface area contributed by atoms with Gasteiger partial charge in [0.2, 0.25) is 0 Å². The van der Waals surface area contributed by atoms with Crippen LogP contribution in [0, 0.1) is 12.3 Å². The molecular weight excluding hydrogens is 439 g/mol. The van der Waals surface area contributed by atoms with Gasteiger partial charge in [-0.05, 0) is 69.7 Å². The molecule has 3 aliphatic rings. The summed E-state index contributed by atoms with van der Waals surface area (Å²) in [6.45, 7) is 7.55. The minimum atomic E-state index is 0. The third-order valence-corrected chi connectivity index (χ3v) is 6.49. The molecule has 0 amide bonds. The second-order valence-electron chi connectivity index (χ2n) is 8.16. The van der Waals surface area contributed by atoms with Gasteiger partial charge in [0, 0.05) is 26.7 Å². The van der Waals surface area contributed by atoms with Gasteiger partial charge in [-0.3, -0.25) is 9.89 Å². The van der Waals surface area contributed by atoms with Gasteiger partial charge < -0.3 is 14.6 Å². The third kappa shape index (κ3) is 4.06. The Balaban J connectivity index is 0.00000196. The molecule has 5 nitrogen and oxygen atoms in total. The van der Waals surface area contributed by atoms with Crippen LogP contribution in [0.1, 0.15) is 56.1 Å². The molecule has 1 unspecified atom stereocenters. The van der Waals surface area contributed by atoms with Crippen LogP contribution in [0.2, 0.25) is 0 Å². The molecule has 1 aromatic rings. The van der Waals surface area contributed by atoms with E-state index in [1.54, 1.807) is 0 Å². The number of nitrogens with one attached hydrogen (secondary N) is 1. The first-order valence-corrected chi connectivity index (χ1v) is 9.95. The fraction of sp³-hybridized carbons (Fsp3) is 0.750. The maximum atomic E-state index is 5.97. The number of aryl methyl sites for hydroxylation is 1. The van der Waals surface area contributed by atoms with Crippen LogP contribution < -0.4 is 5.32 Å². The molecule has 1 N–H and O–H groups in total. The highest BCUT2D eigenvalue weighted by atomic mass is 127. The van der Waals surface area contributed by atoms with E-state index >= 15 is 0 Å². The maximum absolute atomic E-state index is 5.97. The summed E-state index contributed by atoms with van der Waals surface area (Å²) in [5.41, 5.74) is 0.601. The van der Waals surface area contributed by atoms with Gasteiger partial charge in [-0.2, -0.15) is 0 Å². The highest BCUT2D eigenvalue weighted by Crippen LogP contribution is 2.47. The Labute approximate surface area is 174 Å². The summed E-state index contributed by atoms with van der Waals surface area (Å²) in [7, 11) is 1.91. The minimum absolute atomic E-state index is 0. The van der Waals surface area contributed by atoms with Gasteiger partial charge in [0.05, 0.1) is 6.04 Å². The van der Waals surface area contributed by atoms with Crippen molar-refractivity contribution in [2.24, 2.45) is 10.4 Å². The molecule has 3 heterocycles. The van der Waals surface area contributed by atoms with Crippen LogP contribution in [0.25, 0.3) is 0 Å². The fourth-order valence-electron chi connectivity index (χ4n) is 4.82. The van der Waals surface area contributed by atoms with E-state index in [9.17, 15) is 0 Å². The molecule has 0 bridgehead atoms. The van der Waals surface area contributed by atoms with E-state index < -0.39 is 0 Å². The van der Waals surface area contributed by atoms with Crippen molar-refractivity contribution < 1.29 is 4.42 Å². The number of hydrogen-bond acceptors (Lipinski definition) is 3. The molecule has 0 radical (unpaired) electrons. The molecule has 6 heteroatoms. The van der Waals surface area contributed by atoms with E-state index in [0.29, 0.717) is 11.5 Å². The van der Waals surface area contributed by atoms with Gasteiger partial charge in [0.1, 0.15) is 11.5 Å². The van der Waals surface area contributed by atoms with Crippen molar-refractivity contribution in [1.82, 2.24) is 15.1 Å². The number of nitrogens with zero attached hydrogens (tertiary/aromatic N) is 3. The van der Waals surface area contributed by atoms with Gasteiger partial charge in [0.15, 0.2) is 5.96 Å². The van der Waals surface area contributed by atoms with Gasteiger partial charge >= 0.3 is 0 Å². The molecule has 26 heavy (non-hydrogen) atoms. The predicted molar refractivity (Wildman–Crippen MR) is 116 cm³/mol. The Morgan fingerprint density at radius 3 is 2.50 bits per heavy atom. The SMILES string of the molecule is CN=C(NCC(c1ccc(C)o1)N1CCCC1)N1CCC2(CCC2)C1.I. The van der Waals surface area contributed by atoms with Crippen LogP contribution in [0.15, 0.2) is 21.5 Å². The summed E-state index contributed by atoms with van der Waals surface area (Å²) in [5, 5.41) is 3.66. The van der Waals surface area contributed by atoms with Crippen molar-refractivity contribution in [3.05, 3.63) is 23.7 Å². The molecule has 3 fully saturated rings. The summed E-state index contributed by atoms with van der Waals surface area (Å²) in [4.78, 5) is 9.59. The van der Waals surface area contributed by atoms with E-state index in [1.165, 1.54) is 45.1 Å². The lowest BCUT2D eigenvalue weighted by atomic mass is 9.68. The number of rotatable bonds is 4. The Morgan fingerprint density at radius 1 is 1.19 bits per heavy atom. The van der Waals surface area contributed by atoms with Crippen LogP contribution in [-0.2, 0) is 0 Å². The monoisotopic (exact) mass is 472 g/mol. The second-order valence-corrected chi connectivity index (χ2v) is 8.16. The number of hydrogen-bond donors (Lipinski definition) is 1. The first-order valence-electron chi connectivity index (χ1n) is 9.95. The fourth-order valence-corrected chi connectivity index (χ4v) is 4.82. The van der Waals surface area contributed by atoms with E-state index in [2.05, 4.69) is 32.2 Å². The molecule has 1 aromatic heterocycles. The average Bonchev–Trinajstić information content (AvgIpc) is 3.31. The molecule has 1 saturated carbocycles. The smallest absolute Gasteiger partial charge is 0.193 e. The van der Waals surface area contributed by atoms with Crippen LogP contribution in [0.4, 0.5) is 0 Å². The zero-order chi connectivity index (χ0) is 17.3. The summed E-state index contributed by atoms with van der Waals surface area (Å²) in [6, 6.07) is 4.52. The summed E-state index contributed by atoms with van der Waals surface area (Å²) < 4.78 is 5.97. The molecule has 2 saturated heterocycles. The van der Waals surface area contributed by atoms with Crippen molar-refractivity contribution >= 4 is 29.9 Å². The van der Waals surface area contributed by atoms with Crippen LogP contribution in [0.3, 0.4) is 0 Å². The van der Waals surface area contributed by atoms with Crippen molar-refractivity contribution in [2.45, 2.75) is 51.5 Å². The van der Waals surface area contributed by atoms with Crippen molar-refractivity contribution in [1.29, 1.82) is 0 Å². The number of halogens is 1. The van der Waals surface area contributed by atoms with E-state index in [1.807, 2.05) is 14.0 Å². The highest BCUT2D eigenvalue weighted by Gasteiger charge is 2.43. The second kappa shape index (κ2) is 8.50. The molecule has 0 aromatic carbocycles. The largest absolute Gasteiger partial charge is 0.465 e. The van der Waals surface area contributed by atoms with Gasteiger partial charge in [0.25, 0.3) is 0 Å². The molecule has 4 rings (SSSR count). The lowest BCUT2D eigenvalue weighted by molar-refractivity contribution is 0.151. The predicted octanol–water partition coefficient (Wildman–Crippen LogP) is 3.79. The Hall–Kier alpha value is -0.760. The van der Waals surface area contributed by atoms with E-state index in [-0.39, 0.29) is 24.0 Å². The highest BCUT2D eigenvalue weighted by molar-refractivity contribution is 14.0. The van der Waals surface area contributed by atoms with Crippen molar-refractivity contribution in [3.8, 4) is 0 Å². The van der Waals surface area contributed by atoms with Crippen LogP contribution in [-0.4, -0.2) is 55.5 Å². The molecule has 1 atom stereocenters. The standard InChI is InChI=1S/C20H32N4O.HI/c1-16-6-7-18(25-16)17(23-11-3-4-12-23)14-22-19(21-2)24-13-10-20(15-24)8-5-9-20;/h6-7,17H,3-5,8-15H2,1-2H3,(H,21,22);1H. The lowest BCUT2D eigenvalue weighted by Gasteiger charge is -2.38. The molecule has 1 aliphatic carbocycles. The van der Waals surface area contributed by atoms with E-state index in [0.717, 1.165) is 43.7 Å². The summed E-state index contributed by atoms with van der Waals surface area (Å²) in [6.07, 6.45) is 8.14. The first-order chi connectivity index (χ1) is 12.2. The Bertz CT molecular complexity index is 619. The van der Waals surface area contributed by atoms with Gasteiger partial charge in [-0.25, -0.2) is 0 Å². The summed E-state index contributed by atoms with van der Waals surface area (Å²) >= 11 is 0. The number of likely N-dealkylation sites (tertiary alicyclic amines) is 2. The Kier molecular flexibility index (Phi) is 6.54. The minimum Gasteiger partial charge on any atom is -0.465 e. The maximum Gasteiger partial charge on any atom is 0.193 e.